The van der Waals surface area contributed by atoms with Crippen molar-refractivity contribution >= 4 is 56.9 Å². The lowest BCUT2D eigenvalue weighted by Gasteiger charge is -2.35. The second-order valence-corrected chi connectivity index (χ2v) is 27.1. The second kappa shape index (κ2) is 13.8. The van der Waals surface area contributed by atoms with Crippen LogP contribution in [-0.2, 0) is 35.9 Å². The first-order valence-electron chi connectivity index (χ1n) is 13.1. The Balaban J connectivity index is 1.41. The van der Waals surface area contributed by atoms with Gasteiger partial charge < -0.3 is 0 Å². The molecule has 2 saturated carbocycles. The van der Waals surface area contributed by atoms with Crippen LogP contribution in [0.1, 0.15) is 75.3 Å². The van der Waals surface area contributed by atoms with Gasteiger partial charge in [-0.2, -0.15) is 0 Å². The number of rotatable bonds is 11. The van der Waals surface area contributed by atoms with E-state index in [2.05, 4.69) is 83.4 Å². The third-order valence-corrected chi connectivity index (χ3v) is 25.0. The highest BCUT2D eigenvalue weighted by atomic mass is 32.9. The van der Waals surface area contributed by atoms with Crippen molar-refractivity contribution in [3.8, 4) is 0 Å². The minimum atomic E-state index is -1.48. The van der Waals surface area contributed by atoms with Crippen LogP contribution in [0.4, 0.5) is 0 Å². The predicted molar refractivity (Wildman–Crippen MR) is 168 cm³/mol. The Morgan fingerprint density at radius 3 is 1.26 bits per heavy atom. The quantitative estimate of drug-likeness (QED) is 0.196. The Morgan fingerprint density at radius 2 is 0.912 bits per heavy atom. The highest BCUT2D eigenvalue weighted by Gasteiger charge is 2.33. The van der Waals surface area contributed by atoms with Gasteiger partial charge in [-0.1, -0.05) is 123 Å². The summed E-state index contributed by atoms with van der Waals surface area (Å²) in [5, 5.41) is -2.96. The maximum Gasteiger partial charge on any atom is 0.0137 e. The fourth-order valence-electron chi connectivity index (χ4n) is 5.57. The van der Waals surface area contributed by atoms with Gasteiger partial charge in [0.05, 0.1) is 0 Å². The lowest BCUT2D eigenvalue weighted by molar-refractivity contribution is 0.512. The molecule has 2 atom stereocenters. The molecule has 0 radical (unpaired) electrons. The summed E-state index contributed by atoms with van der Waals surface area (Å²) >= 11 is 17.6. The van der Waals surface area contributed by atoms with Gasteiger partial charge in [-0.15, -0.1) is 22.8 Å². The van der Waals surface area contributed by atoms with E-state index in [1.54, 1.807) is 0 Å². The summed E-state index contributed by atoms with van der Waals surface area (Å²) in [5.74, 6) is 2.37. The standard InChI is InChI=1S/C28H40P2S4/c31-29(27-17-9-3-10-18-27,23-25-13-5-1-6-14-25)33-21-22-34-30(32,28-19-11-4-12-20-28)24-26-15-7-2-8-16-26/h1-2,5-8,13-16,27-28H,3-4,9-12,17-24H2. The Bertz CT molecular complexity index is 871. The summed E-state index contributed by atoms with van der Waals surface area (Å²) in [7, 11) is 0. The molecule has 0 nitrogen and oxygen atoms in total. The molecule has 4 rings (SSSR count). The Hall–Kier alpha value is 0.440. The second-order valence-electron chi connectivity index (χ2n) is 9.99. The van der Waals surface area contributed by atoms with Crippen LogP contribution in [0.3, 0.4) is 0 Å². The largest absolute Gasteiger partial charge is 0.122 e. The number of hydrogen-bond donors (Lipinski definition) is 0. The molecule has 2 unspecified atom stereocenters. The molecule has 0 amide bonds. The molecule has 186 valence electrons. The average molecular weight is 567 g/mol. The van der Waals surface area contributed by atoms with E-state index in [0.717, 1.165) is 23.6 Å². The van der Waals surface area contributed by atoms with E-state index >= 15 is 0 Å². The van der Waals surface area contributed by atoms with Crippen LogP contribution in [0.2, 0.25) is 0 Å². The van der Waals surface area contributed by atoms with Crippen molar-refractivity contribution in [2.45, 2.75) is 87.9 Å². The van der Waals surface area contributed by atoms with Gasteiger partial charge >= 0.3 is 0 Å². The van der Waals surface area contributed by atoms with Gasteiger partial charge in [0.1, 0.15) is 0 Å². The Labute approximate surface area is 226 Å². The van der Waals surface area contributed by atoms with Crippen LogP contribution in [0.25, 0.3) is 0 Å². The zero-order valence-electron chi connectivity index (χ0n) is 20.4. The van der Waals surface area contributed by atoms with Gasteiger partial charge in [0.2, 0.25) is 0 Å². The van der Waals surface area contributed by atoms with Crippen LogP contribution in [0.15, 0.2) is 60.7 Å². The molecule has 34 heavy (non-hydrogen) atoms. The first kappa shape index (κ1) is 27.5. The molecule has 0 N–H and O–H groups in total. The van der Waals surface area contributed by atoms with E-state index in [1.807, 2.05) is 0 Å². The molecule has 0 aliphatic heterocycles. The van der Waals surface area contributed by atoms with Crippen LogP contribution in [0, 0.1) is 0 Å². The van der Waals surface area contributed by atoms with Crippen molar-refractivity contribution in [1.82, 2.24) is 0 Å². The van der Waals surface area contributed by atoms with E-state index in [9.17, 15) is 0 Å². The Morgan fingerprint density at radius 1 is 0.559 bits per heavy atom. The predicted octanol–water partition coefficient (Wildman–Crippen LogP) is 10.3. The minimum absolute atomic E-state index is 0.775. The molecule has 0 heterocycles. The first-order chi connectivity index (χ1) is 16.6. The molecule has 6 heteroatoms. The van der Waals surface area contributed by atoms with E-state index in [-0.39, 0.29) is 0 Å². The molecule has 2 aromatic rings. The van der Waals surface area contributed by atoms with Crippen molar-refractivity contribution < 1.29 is 0 Å². The summed E-state index contributed by atoms with van der Waals surface area (Å²) in [6, 6.07) is 22.2. The smallest absolute Gasteiger partial charge is 0.0137 e. The van der Waals surface area contributed by atoms with E-state index in [1.165, 1.54) is 86.8 Å². The van der Waals surface area contributed by atoms with Gasteiger partial charge in [-0.3, -0.25) is 0 Å². The maximum atomic E-state index is 6.59. The van der Waals surface area contributed by atoms with Crippen molar-refractivity contribution in [3.05, 3.63) is 71.8 Å². The van der Waals surface area contributed by atoms with Crippen LogP contribution in [0.5, 0.6) is 0 Å². The number of benzene rings is 2. The maximum absolute atomic E-state index is 6.59. The third kappa shape index (κ3) is 7.97. The summed E-state index contributed by atoms with van der Waals surface area (Å²) in [4.78, 5) is 0. The summed E-state index contributed by atoms with van der Waals surface area (Å²) < 4.78 is 0. The molecule has 0 bridgehead atoms. The van der Waals surface area contributed by atoms with Crippen molar-refractivity contribution in [2.75, 3.05) is 11.5 Å². The summed E-state index contributed by atoms with van der Waals surface area (Å²) in [5.41, 5.74) is 4.45. The molecule has 2 fully saturated rings. The number of hydrogen-bond acceptors (Lipinski definition) is 4. The van der Waals surface area contributed by atoms with Crippen LogP contribution >= 0.6 is 33.2 Å². The minimum Gasteiger partial charge on any atom is -0.122 e. The van der Waals surface area contributed by atoms with Gasteiger partial charge in [-0.25, -0.2) is 0 Å². The molecular weight excluding hydrogens is 527 g/mol. The van der Waals surface area contributed by atoms with Crippen LogP contribution < -0.4 is 0 Å². The summed E-state index contributed by atoms with van der Waals surface area (Å²) in [6.45, 7) is 0. The first-order valence-corrected chi connectivity index (χ1v) is 22.4. The lowest BCUT2D eigenvalue weighted by atomic mass is 10.0. The van der Waals surface area contributed by atoms with Gasteiger partial charge in [0, 0.05) is 34.3 Å². The topological polar surface area (TPSA) is 0 Å². The molecular formula is C28H40P2S4. The normalized spacial score (nSPS) is 21.5. The molecule has 2 aromatic carbocycles. The highest BCUT2D eigenvalue weighted by molar-refractivity contribution is 8.72. The van der Waals surface area contributed by atoms with E-state index < -0.39 is 10.5 Å². The van der Waals surface area contributed by atoms with Gasteiger partial charge in [-0.05, 0) is 48.1 Å². The summed E-state index contributed by atoms with van der Waals surface area (Å²) in [6.07, 6.45) is 16.0. The molecule has 2 aliphatic rings. The molecule has 2 aliphatic carbocycles. The molecule has 0 aromatic heterocycles. The highest BCUT2D eigenvalue weighted by Crippen LogP contribution is 2.70. The van der Waals surface area contributed by atoms with Crippen LogP contribution in [-0.4, -0.2) is 22.8 Å². The van der Waals surface area contributed by atoms with Gasteiger partial charge in [0.15, 0.2) is 0 Å². The Kier molecular flexibility index (Phi) is 11.2. The zero-order valence-corrected chi connectivity index (χ0v) is 25.4. The van der Waals surface area contributed by atoms with Crippen molar-refractivity contribution in [3.63, 3.8) is 0 Å². The molecule has 0 spiro atoms. The monoisotopic (exact) mass is 566 g/mol. The van der Waals surface area contributed by atoms with Crippen molar-refractivity contribution in [1.29, 1.82) is 0 Å². The van der Waals surface area contributed by atoms with E-state index in [4.69, 9.17) is 23.6 Å². The average Bonchev–Trinajstić information content (AvgIpc) is 2.89. The fourth-order valence-corrected chi connectivity index (χ4v) is 22.3. The fraction of sp³-hybridized carbons (Fsp3) is 0.571. The molecule has 0 saturated heterocycles. The van der Waals surface area contributed by atoms with Crippen molar-refractivity contribution in [2.24, 2.45) is 0 Å². The zero-order chi connectivity index (χ0) is 23.7. The third-order valence-electron chi connectivity index (χ3n) is 7.46. The van der Waals surface area contributed by atoms with E-state index in [0.29, 0.717) is 0 Å². The van der Waals surface area contributed by atoms with Gasteiger partial charge in [0.25, 0.3) is 0 Å². The SMILES string of the molecule is S=P(Cc1ccccc1)(SCCSP(=S)(Cc1ccccc1)C1CCCCC1)C1CCCCC1. The lowest BCUT2D eigenvalue weighted by Crippen LogP contribution is -2.14.